The molecular weight excluding hydrogens is 358 g/mol. The van der Waals surface area contributed by atoms with E-state index >= 15 is 0 Å². The van der Waals surface area contributed by atoms with Gasteiger partial charge in [0.15, 0.2) is 11.5 Å². The highest BCUT2D eigenvalue weighted by atomic mass is 16.5. The molecule has 8 nitrogen and oxygen atoms in total. The molecule has 0 aliphatic carbocycles. The molecule has 1 amide bonds. The minimum absolute atomic E-state index is 0.0784. The molecule has 0 spiro atoms. The second-order valence-corrected chi connectivity index (χ2v) is 7.55. The van der Waals surface area contributed by atoms with Gasteiger partial charge in [-0.15, -0.1) is 10.2 Å². The topological polar surface area (TPSA) is 80.0 Å². The van der Waals surface area contributed by atoms with Gasteiger partial charge in [0.05, 0.1) is 25.1 Å². The van der Waals surface area contributed by atoms with E-state index < -0.39 is 0 Å². The van der Waals surface area contributed by atoms with Crippen molar-refractivity contribution >= 4 is 17.5 Å². The van der Waals surface area contributed by atoms with Gasteiger partial charge in [-0.3, -0.25) is 18.9 Å². The monoisotopic (exact) mass is 385 g/mol. The normalized spacial score (nSPS) is 23.2. The number of ether oxygens (including phenoxy) is 1. The van der Waals surface area contributed by atoms with E-state index in [1.165, 1.54) is 0 Å². The van der Waals surface area contributed by atoms with Crippen LogP contribution in [0.4, 0.5) is 0 Å². The molecule has 2 aromatic rings. The van der Waals surface area contributed by atoms with Crippen LogP contribution in [0.1, 0.15) is 44.5 Å². The molecule has 2 aliphatic rings. The Hall–Kier alpha value is -2.48. The largest absolute Gasteiger partial charge is 0.466 e. The predicted molar refractivity (Wildman–Crippen MR) is 102 cm³/mol. The predicted octanol–water partition coefficient (Wildman–Crippen LogP) is 1.67. The van der Waals surface area contributed by atoms with Gasteiger partial charge in [0, 0.05) is 19.3 Å². The van der Waals surface area contributed by atoms with E-state index in [0.717, 1.165) is 43.7 Å². The molecule has 4 rings (SSSR count). The van der Waals surface area contributed by atoms with Crippen LogP contribution >= 0.6 is 0 Å². The summed E-state index contributed by atoms with van der Waals surface area (Å²) in [5.41, 5.74) is 0.823. The molecule has 0 radical (unpaired) electrons. The lowest BCUT2D eigenvalue weighted by Gasteiger charge is -2.33. The molecule has 2 aromatic heterocycles. The molecule has 4 heterocycles. The first-order valence-corrected chi connectivity index (χ1v) is 10.2. The number of fused-ring (bicyclic) bond motifs is 1. The first-order valence-electron chi connectivity index (χ1n) is 10.2. The summed E-state index contributed by atoms with van der Waals surface area (Å²) in [5, 5.41) is 8.64. The van der Waals surface area contributed by atoms with Gasteiger partial charge < -0.3 is 9.64 Å². The van der Waals surface area contributed by atoms with Crippen LogP contribution in [0.15, 0.2) is 24.4 Å². The van der Waals surface area contributed by atoms with Crippen LogP contribution in [0.5, 0.6) is 0 Å². The number of hydrogen-bond acceptors (Lipinski definition) is 6. The van der Waals surface area contributed by atoms with Crippen molar-refractivity contribution in [3.05, 3.63) is 30.2 Å². The smallest absolute Gasteiger partial charge is 0.310 e. The van der Waals surface area contributed by atoms with Crippen LogP contribution in [0.3, 0.4) is 0 Å². The van der Waals surface area contributed by atoms with Gasteiger partial charge >= 0.3 is 5.97 Å². The molecule has 0 aromatic carbocycles. The summed E-state index contributed by atoms with van der Waals surface area (Å²) in [6.07, 6.45) is 5.60. The Morgan fingerprint density at radius 1 is 1.18 bits per heavy atom. The van der Waals surface area contributed by atoms with Gasteiger partial charge in [0.1, 0.15) is 0 Å². The maximum absolute atomic E-state index is 12.9. The summed E-state index contributed by atoms with van der Waals surface area (Å²) >= 11 is 0. The highest BCUT2D eigenvalue weighted by Gasteiger charge is 2.34. The van der Waals surface area contributed by atoms with Crippen LogP contribution < -0.4 is 0 Å². The minimum Gasteiger partial charge on any atom is -0.466 e. The highest BCUT2D eigenvalue weighted by molar-refractivity contribution is 5.80. The molecule has 2 aliphatic heterocycles. The Labute approximate surface area is 164 Å². The number of hydrogen-bond donors (Lipinski definition) is 0. The van der Waals surface area contributed by atoms with Crippen molar-refractivity contribution in [2.24, 2.45) is 5.92 Å². The van der Waals surface area contributed by atoms with Crippen LogP contribution in [0.25, 0.3) is 5.65 Å². The molecule has 8 heteroatoms. The Bertz CT molecular complexity index is 851. The van der Waals surface area contributed by atoms with Crippen LogP contribution in [-0.4, -0.2) is 69.1 Å². The van der Waals surface area contributed by atoms with Gasteiger partial charge in [-0.1, -0.05) is 6.07 Å². The van der Waals surface area contributed by atoms with Gasteiger partial charge in [0.25, 0.3) is 0 Å². The summed E-state index contributed by atoms with van der Waals surface area (Å²) in [5.74, 6) is 0.583. The van der Waals surface area contributed by atoms with Crippen LogP contribution in [-0.2, 0) is 14.3 Å². The lowest BCUT2D eigenvalue weighted by molar-refractivity contribution is -0.151. The van der Waals surface area contributed by atoms with Crippen molar-refractivity contribution in [2.45, 2.75) is 38.6 Å². The molecule has 2 atom stereocenters. The zero-order valence-electron chi connectivity index (χ0n) is 16.3. The zero-order valence-corrected chi connectivity index (χ0v) is 16.3. The number of esters is 1. The van der Waals surface area contributed by atoms with Crippen molar-refractivity contribution < 1.29 is 14.3 Å². The van der Waals surface area contributed by atoms with E-state index in [0.29, 0.717) is 26.2 Å². The Kier molecular flexibility index (Phi) is 5.57. The average molecular weight is 385 g/mol. The number of carbonyl (C=O) groups excluding carboxylic acids is 2. The quantitative estimate of drug-likeness (QED) is 0.729. The number of piperidine rings is 1. The molecule has 0 bridgehead atoms. The molecule has 2 unspecified atom stereocenters. The van der Waals surface area contributed by atoms with Gasteiger partial charge in [0.2, 0.25) is 5.91 Å². The number of likely N-dealkylation sites (tertiary alicyclic amines) is 2. The first kappa shape index (κ1) is 18.9. The number of rotatable bonds is 5. The standard InChI is InChI=1S/C20H27N5O3/c1-2-28-20(27)15-7-5-11-24(13-15)18(26)14-23-10-6-8-16(23)19-22-21-17-9-3-4-12-25(17)19/h3-4,9,12,15-16H,2,5-8,10-11,13-14H2,1H3. The fourth-order valence-electron chi connectivity index (χ4n) is 4.32. The van der Waals surface area contributed by atoms with Gasteiger partial charge in [-0.2, -0.15) is 0 Å². The molecule has 2 saturated heterocycles. The Balaban J connectivity index is 1.43. The van der Waals surface area contributed by atoms with Crippen LogP contribution in [0, 0.1) is 5.92 Å². The summed E-state index contributed by atoms with van der Waals surface area (Å²) in [7, 11) is 0. The summed E-state index contributed by atoms with van der Waals surface area (Å²) in [6.45, 7) is 4.58. The number of pyridine rings is 1. The highest BCUT2D eigenvalue weighted by Crippen LogP contribution is 2.31. The number of aromatic nitrogens is 3. The molecule has 2 fully saturated rings. The SMILES string of the molecule is CCOC(=O)C1CCCN(C(=O)CN2CCCC2c2nnc3ccccn23)C1. The summed E-state index contributed by atoms with van der Waals surface area (Å²) in [6, 6.07) is 5.93. The summed E-state index contributed by atoms with van der Waals surface area (Å²) < 4.78 is 7.15. The molecular formula is C20H27N5O3. The van der Waals surface area contributed by atoms with Crippen molar-refractivity contribution in [1.82, 2.24) is 24.4 Å². The Morgan fingerprint density at radius 3 is 2.89 bits per heavy atom. The molecule has 28 heavy (non-hydrogen) atoms. The average Bonchev–Trinajstić information content (AvgIpc) is 3.34. The number of amides is 1. The third-order valence-electron chi connectivity index (χ3n) is 5.73. The fourth-order valence-corrected chi connectivity index (χ4v) is 4.32. The van der Waals surface area contributed by atoms with Crippen molar-refractivity contribution in [2.75, 3.05) is 32.8 Å². The fraction of sp³-hybridized carbons (Fsp3) is 0.600. The second kappa shape index (κ2) is 8.26. The number of nitrogens with zero attached hydrogens (tertiary/aromatic N) is 5. The second-order valence-electron chi connectivity index (χ2n) is 7.55. The first-order chi connectivity index (χ1) is 13.7. The van der Waals surface area contributed by atoms with E-state index in [2.05, 4.69) is 15.1 Å². The number of carbonyl (C=O) groups is 2. The third-order valence-corrected chi connectivity index (χ3v) is 5.73. The van der Waals surface area contributed by atoms with Crippen molar-refractivity contribution in [3.63, 3.8) is 0 Å². The van der Waals surface area contributed by atoms with Gasteiger partial charge in [-0.25, -0.2) is 0 Å². The third kappa shape index (κ3) is 3.73. The lowest BCUT2D eigenvalue weighted by atomic mass is 9.98. The van der Waals surface area contributed by atoms with E-state index in [9.17, 15) is 9.59 Å². The maximum Gasteiger partial charge on any atom is 0.310 e. The van der Waals surface area contributed by atoms with Crippen LogP contribution in [0.2, 0.25) is 0 Å². The van der Waals surface area contributed by atoms with E-state index in [1.54, 1.807) is 0 Å². The minimum atomic E-state index is -0.201. The maximum atomic E-state index is 12.9. The molecule has 0 N–H and O–H groups in total. The van der Waals surface area contributed by atoms with Crippen molar-refractivity contribution in [3.8, 4) is 0 Å². The zero-order chi connectivity index (χ0) is 19.5. The Morgan fingerprint density at radius 2 is 2.04 bits per heavy atom. The van der Waals surface area contributed by atoms with Gasteiger partial charge in [-0.05, 0) is 51.3 Å². The van der Waals surface area contributed by atoms with Crippen molar-refractivity contribution in [1.29, 1.82) is 0 Å². The summed E-state index contributed by atoms with van der Waals surface area (Å²) in [4.78, 5) is 29.0. The van der Waals surface area contributed by atoms with E-state index in [-0.39, 0.29) is 23.8 Å². The van der Waals surface area contributed by atoms with E-state index in [4.69, 9.17) is 4.74 Å². The molecule has 150 valence electrons. The van der Waals surface area contributed by atoms with E-state index in [1.807, 2.05) is 40.6 Å². The molecule has 0 saturated carbocycles. The lowest BCUT2D eigenvalue weighted by Crippen LogP contribution is -2.46.